The van der Waals surface area contributed by atoms with Crippen molar-refractivity contribution in [3.8, 4) is 0 Å². The first-order chi connectivity index (χ1) is 4.25. The molecule has 3 heteroatoms. The largest absolute Gasteiger partial charge is 0.353 e. The summed E-state index contributed by atoms with van der Waals surface area (Å²) in [6.07, 6.45) is 1.94. The Labute approximate surface area is 65.1 Å². The summed E-state index contributed by atoms with van der Waals surface area (Å²) in [4.78, 5) is 2.08. The van der Waals surface area contributed by atoms with E-state index in [0.717, 1.165) is 10.1 Å². The highest BCUT2D eigenvalue weighted by molar-refractivity contribution is 8.23. The maximum absolute atomic E-state index is 5.03. The van der Waals surface area contributed by atoms with E-state index in [0.29, 0.717) is 6.04 Å². The highest BCUT2D eigenvalue weighted by Crippen LogP contribution is 2.22. The van der Waals surface area contributed by atoms with E-state index < -0.39 is 0 Å². The van der Waals surface area contributed by atoms with Gasteiger partial charge in [0.15, 0.2) is 0 Å². The molecule has 0 amide bonds. The average Bonchev–Trinajstić information content (AvgIpc) is 2.15. The van der Waals surface area contributed by atoms with E-state index in [4.69, 9.17) is 12.2 Å². The molecule has 1 atom stereocenters. The SMILES string of the molecule is C=CC1CSC(=S)N1C. The Bertz CT molecular complexity index is 144. The molecular weight excluding hydrogens is 150 g/mol. The monoisotopic (exact) mass is 159 g/mol. The zero-order valence-electron chi connectivity index (χ0n) is 5.33. The Morgan fingerprint density at radius 1 is 2.00 bits per heavy atom. The zero-order chi connectivity index (χ0) is 6.85. The van der Waals surface area contributed by atoms with Crippen LogP contribution in [0.25, 0.3) is 0 Å². The topological polar surface area (TPSA) is 3.24 Å². The minimum atomic E-state index is 0.461. The molecule has 0 saturated carbocycles. The lowest BCUT2D eigenvalue weighted by molar-refractivity contribution is 0.486. The Morgan fingerprint density at radius 3 is 2.89 bits per heavy atom. The van der Waals surface area contributed by atoms with E-state index in [2.05, 4.69) is 11.5 Å². The predicted octanol–water partition coefficient (Wildman–Crippen LogP) is 1.50. The number of nitrogens with zero attached hydrogens (tertiary/aromatic N) is 1. The van der Waals surface area contributed by atoms with Crippen molar-refractivity contribution in [2.75, 3.05) is 12.8 Å². The lowest BCUT2D eigenvalue weighted by Crippen LogP contribution is -2.26. The Balaban J connectivity index is 2.61. The summed E-state index contributed by atoms with van der Waals surface area (Å²) in [5.41, 5.74) is 0. The van der Waals surface area contributed by atoms with Gasteiger partial charge in [0.1, 0.15) is 4.32 Å². The summed E-state index contributed by atoms with van der Waals surface area (Å²) in [5.74, 6) is 1.07. The molecule has 0 aromatic rings. The molecule has 0 spiro atoms. The van der Waals surface area contributed by atoms with Crippen LogP contribution >= 0.6 is 24.0 Å². The highest BCUT2D eigenvalue weighted by Gasteiger charge is 2.21. The number of thioether (sulfide) groups is 1. The van der Waals surface area contributed by atoms with Gasteiger partial charge >= 0.3 is 0 Å². The second-order valence-electron chi connectivity index (χ2n) is 1.99. The number of thiocarbonyl (C=S) groups is 1. The van der Waals surface area contributed by atoms with Crippen molar-refractivity contribution in [1.29, 1.82) is 0 Å². The molecule has 1 rings (SSSR count). The van der Waals surface area contributed by atoms with Crippen molar-refractivity contribution in [1.82, 2.24) is 4.90 Å². The Kier molecular flexibility index (Phi) is 2.13. The third-order valence-electron chi connectivity index (χ3n) is 1.44. The lowest BCUT2D eigenvalue weighted by atomic mass is 10.3. The predicted molar refractivity (Wildman–Crippen MR) is 46.8 cm³/mol. The van der Waals surface area contributed by atoms with Gasteiger partial charge in [0, 0.05) is 12.8 Å². The molecule has 1 saturated heterocycles. The fraction of sp³-hybridized carbons (Fsp3) is 0.500. The fourth-order valence-electron chi connectivity index (χ4n) is 0.732. The summed E-state index contributed by atoms with van der Waals surface area (Å²) >= 11 is 6.75. The summed E-state index contributed by atoms with van der Waals surface area (Å²) in [7, 11) is 2.01. The molecule has 0 aromatic carbocycles. The molecular formula is C6H9NS2. The molecule has 0 bridgehead atoms. The van der Waals surface area contributed by atoms with E-state index in [1.165, 1.54) is 0 Å². The fourth-order valence-corrected chi connectivity index (χ4v) is 2.08. The standard InChI is InChI=1S/C6H9NS2/c1-3-5-4-9-6(8)7(5)2/h3,5H,1,4H2,2H3. The zero-order valence-corrected chi connectivity index (χ0v) is 6.97. The van der Waals surface area contributed by atoms with Crippen LogP contribution in [-0.2, 0) is 0 Å². The molecule has 1 nitrogen and oxygen atoms in total. The van der Waals surface area contributed by atoms with Crippen LogP contribution in [-0.4, -0.2) is 28.1 Å². The van der Waals surface area contributed by atoms with E-state index >= 15 is 0 Å². The van der Waals surface area contributed by atoms with Gasteiger partial charge in [0.2, 0.25) is 0 Å². The number of rotatable bonds is 1. The summed E-state index contributed by atoms with van der Waals surface area (Å²) in [5, 5.41) is 0. The van der Waals surface area contributed by atoms with Gasteiger partial charge in [-0.05, 0) is 0 Å². The summed E-state index contributed by atoms with van der Waals surface area (Å²) < 4.78 is 0.986. The molecule has 1 heterocycles. The van der Waals surface area contributed by atoms with Crippen LogP contribution in [0.15, 0.2) is 12.7 Å². The van der Waals surface area contributed by atoms with Crippen LogP contribution in [0.2, 0.25) is 0 Å². The molecule has 0 N–H and O–H groups in total. The molecule has 0 aromatic heterocycles. The van der Waals surface area contributed by atoms with Gasteiger partial charge in [-0.2, -0.15) is 0 Å². The molecule has 1 fully saturated rings. The van der Waals surface area contributed by atoms with Gasteiger partial charge in [0.05, 0.1) is 6.04 Å². The van der Waals surface area contributed by atoms with Gasteiger partial charge in [-0.3, -0.25) is 0 Å². The summed E-state index contributed by atoms with van der Waals surface area (Å²) in [6, 6.07) is 0.461. The third-order valence-corrected chi connectivity index (χ3v) is 3.12. The number of hydrogen-bond donors (Lipinski definition) is 0. The maximum atomic E-state index is 5.03. The van der Waals surface area contributed by atoms with E-state index in [-0.39, 0.29) is 0 Å². The van der Waals surface area contributed by atoms with Crippen LogP contribution in [0.1, 0.15) is 0 Å². The molecule has 9 heavy (non-hydrogen) atoms. The van der Waals surface area contributed by atoms with Crippen molar-refractivity contribution >= 4 is 28.3 Å². The van der Waals surface area contributed by atoms with E-state index in [1.807, 2.05) is 13.1 Å². The minimum absolute atomic E-state index is 0.461. The van der Waals surface area contributed by atoms with Gasteiger partial charge in [-0.25, -0.2) is 0 Å². The van der Waals surface area contributed by atoms with Crippen LogP contribution in [0, 0.1) is 0 Å². The van der Waals surface area contributed by atoms with Crippen molar-refractivity contribution in [2.24, 2.45) is 0 Å². The smallest absolute Gasteiger partial charge is 0.136 e. The van der Waals surface area contributed by atoms with Crippen LogP contribution < -0.4 is 0 Å². The molecule has 0 radical (unpaired) electrons. The van der Waals surface area contributed by atoms with Crippen molar-refractivity contribution in [3.05, 3.63) is 12.7 Å². The lowest BCUT2D eigenvalue weighted by Gasteiger charge is -2.15. The van der Waals surface area contributed by atoms with Crippen LogP contribution in [0.5, 0.6) is 0 Å². The van der Waals surface area contributed by atoms with Crippen LogP contribution in [0.4, 0.5) is 0 Å². The molecule has 50 valence electrons. The first-order valence-corrected chi connectivity index (χ1v) is 4.17. The van der Waals surface area contributed by atoms with Gasteiger partial charge in [-0.1, -0.05) is 30.1 Å². The van der Waals surface area contributed by atoms with Gasteiger partial charge in [0.25, 0.3) is 0 Å². The Hall–Kier alpha value is -0.0200. The number of likely N-dealkylation sites (N-methyl/N-ethyl adjacent to an activating group) is 1. The second-order valence-corrected chi connectivity index (χ2v) is 3.64. The minimum Gasteiger partial charge on any atom is -0.353 e. The van der Waals surface area contributed by atoms with Crippen molar-refractivity contribution < 1.29 is 0 Å². The quantitative estimate of drug-likeness (QED) is 0.422. The first kappa shape index (κ1) is 7.09. The second kappa shape index (κ2) is 2.71. The third kappa shape index (κ3) is 1.27. The Morgan fingerprint density at radius 2 is 2.67 bits per heavy atom. The van der Waals surface area contributed by atoms with Crippen LogP contribution in [0.3, 0.4) is 0 Å². The average molecular weight is 159 g/mol. The molecule has 1 aliphatic heterocycles. The molecule has 1 unspecified atom stereocenters. The summed E-state index contributed by atoms with van der Waals surface area (Å²) in [6.45, 7) is 3.71. The van der Waals surface area contributed by atoms with Crippen molar-refractivity contribution in [2.45, 2.75) is 6.04 Å². The van der Waals surface area contributed by atoms with E-state index in [1.54, 1.807) is 11.8 Å². The normalized spacial score (nSPS) is 27.0. The number of hydrogen-bond acceptors (Lipinski definition) is 2. The first-order valence-electron chi connectivity index (χ1n) is 2.78. The van der Waals surface area contributed by atoms with Crippen molar-refractivity contribution in [3.63, 3.8) is 0 Å². The highest BCUT2D eigenvalue weighted by atomic mass is 32.2. The van der Waals surface area contributed by atoms with E-state index in [9.17, 15) is 0 Å². The molecule has 0 aliphatic carbocycles. The maximum Gasteiger partial charge on any atom is 0.136 e. The molecule has 1 aliphatic rings. The van der Waals surface area contributed by atoms with Gasteiger partial charge < -0.3 is 4.90 Å². The van der Waals surface area contributed by atoms with Gasteiger partial charge in [-0.15, -0.1) is 6.58 Å².